The number of halogens is 1. The molecule has 0 bridgehead atoms. The maximum Gasteiger partial charge on any atom is 0.338 e. The Morgan fingerprint density at radius 3 is 2.61 bits per heavy atom. The summed E-state index contributed by atoms with van der Waals surface area (Å²) in [6, 6.07) is 9.50. The lowest BCUT2D eigenvalue weighted by molar-refractivity contribution is -0.385. The van der Waals surface area contributed by atoms with Crippen LogP contribution < -0.4 is 4.74 Å². The lowest BCUT2D eigenvalue weighted by Gasteiger charge is -2.14. The Labute approximate surface area is 131 Å². The summed E-state index contributed by atoms with van der Waals surface area (Å²) in [5.41, 5.74) is 0.406. The Balaban J connectivity index is 2.15. The zero-order valence-corrected chi connectivity index (χ0v) is 12.5. The van der Waals surface area contributed by atoms with Gasteiger partial charge in [-0.1, -0.05) is 12.1 Å². The van der Waals surface area contributed by atoms with E-state index in [1.807, 2.05) is 0 Å². The van der Waals surface area contributed by atoms with E-state index in [4.69, 9.17) is 9.47 Å². The first-order chi connectivity index (χ1) is 10.9. The van der Waals surface area contributed by atoms with Crippen molar-refractivity contribution in [1.29, 1.82) is 0 Å². The number of rotatable bonds is 5. The van der Waals surface area contributed by atoms with E-state index in [1.54, 1.807) is 13.0 Å². The molecule has 0 aliphatic heterocycles. The first kappa shape index (κ1) is 16.4. The van der Waals surface area contributed by atoms with Crippen molar-refractivity contribution in [3.8, 4) is 5.75 Å². The molecule has 7 heteroatoms. The van der Waals surface area contributed by atoms with Crippen LogP contribution in [-0.4, -0.2) is 18.0 Å². The van der Waals surface area contributed by atoms with Crippen LogP contribution in [0, 0.1) is 15.9 Å². The Morgan fingerprint density at radius 2 is 2.00 bits per heavy atom. The molecule has 2 rings (SSSR count). The van der Waals surface area contributed by atoms with Crippen molar-refractivity contribution in [2.75, 3.05) is 7.11 Å². The molecule has 0 saturated carbocycles. The average molecular weight is 319 g/mol. The zero-order chi connectivity index (χ0) is 17.0. The third-order valence-electron chi connectivity index (χ3n) is 3.22. The maximum absolute atomic E-state index is 13.6. The van der Waals surface area contributed by atoms with E-state index < -0.39 is 22.8 Å². The number of benzene rings is 2. The van der Waals surface area contributed by atoms with Gasteiger partial charge in [-0.2, -0.15) is 0 Å². The van der Waals surface area contributed by atoms with Crippen molar-refractivity contribution in [2.45, 2.75) is 13.0 Å². The number of nitro benzene ring substituents is 1. The van der Waals surface area contributed by atoms with Crippen molar-refractivity contribution < 1.29 is 23.6 Å². The summed E-state index contributed by atoms with van der Waals surface area (Å²) in [5, 5.41) is 10.8. The van der Waals surface area contributed by atoms with Crippen LogP contribution in [0.4, 0.5) is 10.1 Å². The van der Waals surface area contributed by atoms with Crippen LogP contribution in [0.25, 0.3) is 0 Å². The van der Waals surface area contributed by atoms with Crippen LogP contribution in [0.3, 0.4) is 0 Å². The van der Waals surface area contributed by atoms with Gasteiger partial charge < -0.3 is 9.47 Å². The summed E-state index contributed by atoms with van der Waals surface area (Å²) >= 11 is 0. The van der Waals surface area contributed by atoms with E-state index in [9.17, 15) is 19.3 Å². The highest BCUT2D eigenvalue weighted by Gasteiger charge is 2.17. The van der Waals surface area contributed by atoms with Gasteiger partial charge in [-0.05, 0) is 30.7 Å². The predicted molar refractivity (Wildman–Crippen MR) is 79.9 cm³/mol. The molecule has 0 heterocycles. The number of esters is 1. The molecule has 2 aromatic rings. The second-order valence-electron chi connectivity index (χ2n) is 4.75. The first-order valence-electron chi connectivity index (χ1n) is 6.71. The van der Waals surface area contributed by atoms with Gasteiger partial charge in [0, 0.05) is 12.1 Å². The van der Waals surface area contributed by atoms with Gasteiger partial charge in [0.15, 0.2) is 11.6 Å². The lowest BCUT2D eigenvalue weighted by atomic mass is 10.1. The number of carbonyl (C=O) groups is 1. The number of hydrogen-bond acceptors (Lipinski definition) is 5. The van der Waals surface area contributed by atoms with Crippen molar-refractivity contribution in [3.63, 3.8) is 0 Å². The van der Waals surface area contributed by atoms with Gasteiger partial charge in [0.05, 0.1) is 17.6 Å². The fourth-order valence-electron chi connectivity index (χ4n) is 1.98. The molecule has 120 valence electrons. The number of carbonyl (C=O) groups excluding carboxylic acids is 1. The molecule has 0 fully saturated rings. The van der Waals surface area contributed by atoms with Gasteiger partial charge in [0.25, 0.3) is 5.69 Å². The molecule has 0 spiro atoms. The van der Waals surface area contributed by atoms with Crippen molar-refractivity contribution in [1.82, 2.24) is 0 Å². The van der Waals surface area contributed by atoms with Gasteiger partial charge in [0.2, 0.25) is 0 Å². The molecular formula is C16H14FNO5. The summed E-state index contributed by atoms with van der Waals surface area (Å²) in [6.45, 7) is 1.58. The molecule has 0 aliphatic rings. The topological polar surface area (TPSA) is 78.7 Å². The molecule has 1 unspecified atom stereocenters. The fraction of sp³-hybridized carbons (Fsp3) is 0.188. The van der Waals surface area contributed by atoms with Crippen LogP contribution in [0.2, 0.25) is 0 Å². The number of methoxy groups -OCH3 is 1. The summed E-state index contributed by atoms with van der Waals surface area (Å²) in [7, 11) is 1.32. The molecule has 0 saturated heterocycles. The summed E-state index contributed by atoms with van der Waals surface area (Å²) in [4.78, 5) is 22.3. The Bertz CT molecular complexity index is 747. The summed E-state index contributed by atoms with van der Waals surface area (Å²) in [5.74, 6) is -1.39. The van der Waals surface area contributed by atoms with E-state index in [-0.39, 0.29) is 17.0 Å². The van der Waals surface area contributed by atoms with Gasteiger partial charge in [-0.25, -0.2) is 9.18 Å². The number of nitrogens with zero attached hydrogens (tertiary/aromatic N) is 1. The summed E-state index contributed by atoms with van der Waals surface area (Å²) < 4.78 is 23.6. The SMILES string of the molecule is COc1ccc(C(=O)OC(C)c2cccc([N+](=O)[O-])c2)cc1F. The van der Waals surface area contributed by atoms with E-state index in [1.165, 1.54) is 37.4 Å². The Kier molecular flexibility index (Phi) is 4.90. The average Bonchev–Trinajstić information content (AvgIpc) is 2.54. The summed E-state index contributed by atoms with van der Waals surface area (Å²) in [6.07, 6.45) is -0.715. The second kappa shape index (κ2) is 6.87. The number of hydrogen-bond donors (Lipinski definition) is 0. The van der Waals surface area contributed by atoms with E-state index in [0.29, 0.717) is 5.56 Å². The minimum Gasteiger partial charge on any atom is -0.494 e. The van der Waals surface area contributed by atoms with Crippen LogP contribution in [0.5, 0.6) is 5.75 Å². The van der Waals surface area contributed by atoms with Crippen LogP contribution in [0.1, 0.15) is 28.9 Å². The molecule has 0 N–H and O–H groups in total. The number of non-ortho nitro benzene ring substituents is 1. The molecule has 0 amide bonds. The highest BCUT2D eigenvalue weighted by Crippen LogP contribution is 2.24. The molecule has 0 radical (unpaired) electrons. The Hall–Kier alpha value is -2.96. The highest BCUT2D eigenvalue weighted by molar-refractivity contribution is 5.89. The quantitative estimate of drug-likeness (QED) is 0.477. The lowest BCUT2D eigenvalue weighted by Crippen LogP contribution is -2.10. The van der Waals surface area contributed by atoms with Crippen LogP contribution >= 0.6 is 0 Å². The van der Waals surface area contributed by atoms with Gasteiger partial charge >= 0.3 is 5.97 Å². The highest BCUT2D eigenvalue weighted by atomic mass is 19.1. The third-order valence-corrected chi connectivity index (χ3v) is 3.22. The molecule has 0 aromatic heterocycles. The zero-order valence-electron chi connectivity index (χ0n) is 12.5. The maximum atomic E-state index is 13.6. The normalized spacial score (nSPS) is 11.6. The minimum atomic E-state index is -0.731. The van der Waals surface area contributed by atoms with E-state index in [2.05, 4.69) is 0 Å². The molecule has 1 atom stereocenters. The monoisotopic (exact) mass is 319 g/mol. The Morgan fingerprint density at radius 1 is 1.26 bits per heavy atom. The van der Waals surface area contributed by atoms with Crippen molar-refractivity contribution in [2.24, 2.45) is 0 Å². The van der Waals surface area contributed by atoms with Crippen LogP contribution in [0.15, 0.2) is 42.5 Å². The molecule has 2 aromatic carbocycles. The second-order valence-corrected chi connectivity index (χ2v) is 4.75. The number of nitro groups is 1. The first-order valence-corrected chi connectivity index (χ1v) is 6.71. The van der Waals surface area contributed by atoms with Crippen molar-refractivity contribution >= 4 is 11.7 Å². The third kappa shape index (κ3) is 3.82. The van der Waals surface area contributed by atoms with Crippen LogP contribution in [-0.2, 0) is 4.74 Å². The smallest absolute Gasteiger partial charge is 0.338 e. The van der Waals surface area contributed by atoms with Gasteiger partial charge in [0.1, 0.15) is 6.10 Å². The number of ether oxygens (including phenoxy) is 2. The predicted octanol–water partition coefficient (Wildman–Crippen LogP) is 3.66. The van der Waals surface area contributed by atoms with Crippen molar-refractivity contribution in [3.05, 3.63) is 69.5 Å². The largest absolute Gasteiger partial charge is 0.494 e. The fourth-order valence-corrected chi connectivity index (χ4v) is 1.98. The van der Waals surface area contributed by atoms with E-state index in [0.717, 1.165) is 6.07 Å². The van der Waals surface area contributed by atoms with Gasteiger partial charge in [-0.3, -0.25) is 10.1 Å². The van der Waals surface area contributed by atoms with E-state index >= 15 is 0 Å². The molecule has 23 heavy (non-hydrogen) atoms. The molecule has 0 aliphatic carbocycles. The molecular weight excluding hydrogens is 305 g/mol. The standard InChI is InChI=1S/C16H14FNO5/c1-10(11-4-3-5-13(8-11)18(20)21)23-16(19)12-6-7-15(22-2)14(17)9-12/h3-10H,1-2H3. The minimum absolute atomic E-state index is 0.0216. The van der Waals surface area contributed by atoms with Gasteiger partial charge in [-0.15, -0.1) is 0 Å². The molecule has 6 nitrogen and oxygen atoms in total.